The largest absolute Gasteiger partial charge is 0.497 e. The SMILES string of the molecule is COc1ccc2[nH]cc(C3CCN(CC(=O)N(CCC(N)=O)c4ccc(F)cc4)CC3)c2c1. The van der Waals surface area contributed by atoms with E-state index in [4.69, 9.17) is 10.5 Å². The molecular formula is C25H29FN4O3. The third-order valence-electron chi connectivity index (χ3n) is 6.33. The Morgan fingerprint density at radius 2 is 1.91 bits per heavy atom. The van der Waals surface area contributed by atoms with E-state index in [1.807, 2.05) is 12.1 Å². The fraction of sp³-hybridized carbons (Fsp3) is 0.360. The van der Waals surface area contributed by atoms with E-state index in [-0.39, 0.29) is 31.2 Å². The highest BCUT2D eigenvalue weighted by atomic mass is 19.1. The Balaban J connectivity index is 1.40. The molecule has 2 aromatic carbocycles. The Morgan fingerprint density at radius 1 is 1.18 bits per heavy atom. The first kappa shape index (κ1) is 22.8. The molecule has 0 atom stereocenters. The number of carbonyl (C=O) groups excluding carboxylic acids is 2. The van der Waals surface area contributed by atoms with E-state index in [0.717, 1.165) is 37.2 Å². The fourth-order valence-corrected chi connectivity index (χ4v) is 4.51. The third kappa shape index (κ3) is 5.34. The molecule has 3 aromatic rings. The van der Waals surface area contributed by atoms with Crippen LogP contribution in [0.5, 0.6) is 5.75 Å². The van der Waals surface area contributed by atoms with Gasteiger partial charge >= 0.3 is 0 Å². The zero-order valence-electron chi connectivity index (χ0n) is 18.7. The van der Waals surface area contributed by atoms with Crippen molar-refractivity contribution in [3.8, 4) is 5.75 Å². The second kappa shape index (κ2) is 10.0. The second-order valence-electron chi connectivity index (χ2n) is 8.44. The lowest BCUT2D eigenvalue weighted by Crippen LogP contribution is -2.44. The minimum Gasteiger partial charge on any atom is -0.497 e. The van der Waals surface area contributed by atoms with E-state index in [1.165, 1.54) is 28.0 Å². The third-order valence-corrected chi connectivity index (χ3v) is 6.33. The number of aromatic nitrogens is 1. The smallest absolute Gasteiger partial charge is 0.241 e. The molecule has 3 N–H and O–H groups in total. The number of carbonyl (C=O) groups is 2. The lowest BCUT2D eigenvalue weighted by Gasteiger charge is -2.33. The number of nitrogens with one attached hydrogen (secondary N) is 1. The molecule has 8 heteroatoms. The maximum absolute atomic E-state index is 13.3. The molecule has 1 fully saturated rings. The standard InChI is InChI=1S/C25H29FN4O3/c1-33-20-6-7-23-21(14-20)22(15-28-23)17-8-11-29(12-9-17)16-25(32)30(13-10-24(27)31)19-4-2-18(26)3-5-19/h2-7,14-15,17,28H,8-13,16H2,1H3,(H2,27,31). The number of anilines is 1. The van der Waals surface area contributed by atoms with Crippen LogP contribution in [0.1, 0.15) is 30.7 Å². The summed E-state index contributed by atoms with van der Waals surface area (Å²) in [4.78, 5) is 31.4. The number of rotatable bonds is 8. The van der Waals surface area contributed by atoms with Gasteiger partial charge < -0.3 is 20.4 Å². The molecule has 7 nitrogen and oxygen atoms in total. The molecule has 1 saturated heterocycles. The van der Waals surface area contributed by atoms with E-state index in [1.54, 1.807) is 19.2 Å². The molecule has 1 aliphatic heterocycles. The summed E-state index contributed by atoms with van der Waals surface area (Å²) in [5.74, 6) is 0.255. The molecule has 1 aliphatic rings. The Bertz CT molecular complexity index is 1120. The number of nitrogens with zero attached hydrogens (tertiary/aromatic N) is 2. The van der Waals surface area contributed by atoms with Crippen molar-refractivity contribution >= 4 is 28.4 Å². The topological polar surface area (TPSA) is 91.7 Å². The van der Waals surface area contributed by atoms with Gasteiger partial charge in [-0.15, -0.1) is 0 Å². The van der Waals surface area contributed by atoms with E-state index in [9.17, 15) is 14.0 Å². The number of nitrogens with two attached hydrogens (primary N) is 1. The Labute approximate surface area is 192 Å². The van der Waals surface area contributed by atoms with E-state index < -0.39 is 5.91 Å². The molecule has 33 heavy (non-hydrogen) atoms. The van der Waals surface area contributed by atoms with Crippen molar-refractivity contribution in [3.63, 3.8) is 0 Å². The summed E-state index contributed by atoms with van der Waals surface area (Å²) < 4.78 is 18.7. The van der Waals surface area contributed by atoms with Gasteiger partial charge in [-0.25, -0.2) is 4.39 Å². The number of piperidine rings is 1. The highest BCUT2D eigenvalue weighted by Crippen LogP contribution is 2.34. The van der Waals surface area contributed by atoms with Gasteiger partial charge in [-0.1, -0.05) is 0 Å². The monoisotopic (exact) mass is 452 g/mol. The van der Waals surface area contributed by atoms with Crippen molar-refractivity contribution in [2.75, 3.05) is 38.2 Å². The number of halogens is 1. The van der Waals surface area contributed by atoms with Gasteiger partial charge in [-0.3, -0.25) is 14.5 Å². The molecule has 174 valence electrons. The minimum absolute atomic E-state index is 0.0508. The summed E-state index contributed by atoms with van der Waals surface area (Å²) in [6.07, 6.45) is 4.01. The van der Waals surface area contributed by atoms with Crippen LogP contribution in [0.15, 0.2) is 48.7 Å². The van der Waals surface area contributed by atoms with Gasteiger partial charge in [-0.2, -0.15) is 0 Å². The van der Waals surface area contributed by atoms with Crippen LogP contribution in [0.3, 0.4) is 0 Å². The van der Waals surface area contributed by atoms with Crippen LogP contribution in [-0.4, -0.2) is 55.0 Å². The number of likely N-dealkylation sites (tertiary alicyclic amines) is 1. The number of primary amides is 1. The molecule has 2 amide bonds. The predicted octanol–water partition coefficient (Wildman–Crippen LogP) is 3.40. The van der Waals surface area contributed by atoms with Gasteiger partial charge in [0.05, 0.1) is 13.7 Å². The van der Waals surface area contributed by atoms with Gasteiger partial charge in [0.25, 0.3) is 0 Å². The number of ether oxygens (including phenoxy) is 1. The molecule has 4 rings (SSSR count). The number of aromatic amines is 1. The van der Waals surface area contributed by atoms with Gasteiger partial charge in [0.2, 0.25) is 11.8 Å². The highest BCUT2D eigenvalue weighted by molar-refractivity contribution is 5.95. The Hall–Kier alpha value is -3.39. The Kier molecular flexibility index (Phi) is 6.93. The summed E-state index contributed by atoms with van der Waals surface area (Å²) in [6, 6.07) is 11.8. The van der Waals surface area contributed by atoms with Crippen molar-refractivity contribution in [2.45, 2.75) is 25.2 Å². The summed E-state index contributed by atoms with van der Waals surface area (Å²) in [5, 5.41) is 1.18. The normalized spacial score (nSPS) is 15.0. The van der Waals surface area contributed by atoms with Crippen LogP contribution in [0.4, 0.5) is 10.1 Å². The first-order chi connectivity index (χ1) is 15.9. The zero-order chi connectivity index (χ0) is 23.4. The van der Waals surface area contributed by atoms with Crippen LogP contribution in [0, 0.1) is 5.82 Å². The van der Waals surface area contributed by atoms with Crippen molar-refractivity contribution in [3.05, 3.63) is 60.0 Å². The minimum atomic E-state index is -0.480. The lowest BCUT2D eigenvalue weighted by molar-refractivity contribution is -0.120. The van der Waals surface area contributed by atoms with Crippen LogP contribution in [0.25, 0.3) is 10.9 Å². The molecule has 1 aromatic heterocycles. The molecule has 0 saturated carbocycles. The van der Waals surface area contributed by atoms with Crippen molar-refractivity contribution < 1.29 is 18.7 Å². The number of fused-ring (bicyclic) bond motifs is 1. The van der Waals surface area contributed by atoms with Gasteiger partial charge in [0.15, 0.2) is 0 Å². The van der Waals surface area contributed by atoms with Gasteiger partial charge in [0.1, 0.15) is 11.6 Å². The lowest BCUT2D eigenvalue weighted by atomic mass is 9.89. The number of hydrogen-bond acceptors (Lipinski definition) is 4. The van der Waals surface area contributed by atoms with Crippen LogP contribution >= 0.6 is 0 Å². The first-order valence-electron chi connectivity index (χ1n) is 11.2. The van der Waals surface area contributed by atoms with Crippen LogP contribution in [0.2, 0.25) is 0 Å². The number of benzene rings is 2. The van der Waals surface area contributed by atoms with Crippen LogP contribution < -0.4 is 15.4 Å². The Morgan fingerprint density at radius 3 is 2.58 bits per heavy atom. The summed E-state index contributed by atoms with van der Waals surface area (Å²) >= 11 is 0. The molecule has 0 spiro atoms. The summed E-state index contributed by atoms with van der Waals surface area (Å²) in [7, 11) is 1.67. The fourth-order valence-electron chi connectivity index (χ4n) is 4.51. The molecule has 0 aliphatic carbocycles. The predicted molar refractivity (Wildman–Crippen MR) is 126 cm³/mol. The molecule has 2 heterocycles. The van der Waals surface area contributed by atoms with Gasteiger partial charge in [-0.05, 0) is 79.9 Å². The molecule has 0 unspecified atom stereocenters. The maximum atomic E-state index is 13.3. The number of H-pyrrole nitrogens is 1. The first-order valence-corrected chi connectivity index (χ1v) is 11.2. The summed E-state index contributed by atoms with van der Waals surface area (Å²) in [6.45, 7) is 2.00. The number of amides is 2. The number of hydrogen-bond donors (Lipinski definition) is 2. The molecule has 0 radical (unpaired) electrons. The average Bonchev–Trinajstić information content (AvgIpc) is 3.24. The maximum Gasteiger partial charge on any atom is 0.241 e. The average molecular weight is 453 g/mol. The molecular weight excluding hydrogens is 423 g/mol. The van der Waals surface area contributed by atoms with Crippen molar-refractivity contribution in [1.29, 1.82) is 0 Å². The van der Waals surface area contributed by atoms with E-state index >= 15 is 0 Å². The van der Waals surface area contributed by atoms with Crippen molar-refractivity contribution in [1.82, 2.24) is 9.88 Å². The second-order valence-corrected chi connectivity index (χ2v) is 8.44. The van der Waals surface area contributed by atoms with E-state index in [2.05, 4.69) is 22.1 Å². The van der Waals surface area contributed by atoms with E-state index in [0.29, 0.717) is 11.6 Å². The number of methoxy groups -OCH3 is 1. The summed E-state index contributed by atoms with van der Waals surface area (Å²) in [5.41, 5.74) is 8.22. The van der Waals surface area contributed by atoms with Gasteiger partial charge in [0, 0.05) is 35.8 Å². The van der Waals surface area contributed by atoms with Crippen molar-refractivity contribution in [2.24, 2.45) is 5.73 Å². The highest BCUT2D eigenvalue weighted by Gasteiger charge is 2.26. The zero-order valence-corrected chi connectivity index (χ0v) is 18.7. The molecule has 0 bridgehead atoms. The quantitative estimate of drug-likeness (QED) is 0.548. The van der Waals surface area contributed by atoms with Crippen LogP contribution in [-0.2, 0) is 9.59 Å².